The maximum atomic E-state index is 12.7. The monoisotopic (exact) mass is 402 g/mol. The first-order valence-corrected chi connectivity index (χ1v) is 8.34. The second-order valence-electron chi connectivity index (χ2n) is 5.45. The molecule has 26 heavy (non-hydrogen) atoms. The molecule has 1 aromatic carbocycles. The summed E-state index contributed by atoms with van der Waals surface area (Å²) in [5, 5.41) is 2.78. The van der Waals surface area contributed by atoms with E-state index in [9.17, 15) is 19.2 Å². The normalized spacial score (nSPS) is 10.8. The highest BCUT2D eigenvalue weighted by Gasteiger charge is 2.27. The van der Waals surface area contributed by atoms with Crippen molar-refractivity contribution in [1.82, 2.24) is 19.2 Å². The number of rotatable bonds is 3. The van der Waals surface area contributed by atoms with Gasteiger partial charge < -0.3 is 10.1 Å². The predicted molar refractivity (Wildman–Crippen MR) is 95.8 cm³/mol. The average Bonchev–Trinajstić information content (AvgIpc) is 2.76. The van der Waals surface area contributed by atoms with Gasteiger partial charge in [-0.3, -0.25) is 0 Å². The van der Waals surface area contributed by atoms with Crippen LogP contribution in [0.5, 0.6) is 0 Å². The third kappa shape index (κ3) is 3.83. The van der Waals surface area contributed by atoms with Crippen molar-refractivity contribution in [1.29, 1.82) is 0 Å². The van der Waals surface area contributed by atoms with Gasteiger partial charge in [0.15, 0.2) is 0 Å². The number of nitrogens with one attached hydrogen (secondary N) is 1. The maximum Gasteiger partial charge on any atom is 0.438 e. The number of carbonyl (C=O) groups is 2. The number of nitrogens with zero attached hydrogens (tertiary/aromatic N) is 3. The number of amides is 1. The molecule has 0 atom stereocenters. The van der Waals surface area contributed by atoms with E-state index in [2.05, 4.69) is 5.32 Å². The third-order valence-electron chi connectivity index (χ3n) is 3.10. The van der Waals surface area contributed by atoms with Crippen LogP contribution in [0.4, 0.5) is 9.59 Å². The summed E-state index contributed by atoms with van der Waals surface area (Å²) in [6.07, 6.45) is -1.17. The lowest BCUT2D eigenvalue weighted by molar-refractivity contribution is 0.145. The van der Waals surface area contributed by atoms with E-state index in [0.717, 1.165) is 0 Å². The van der Waals surface area contributed by atoms with E-state index in [1.165, 1.54) is 25.1 Å². The van der Waals surface area contributed by atoms with Gasteiger partial charge >= 0.3 is 23.5 Å². The van der Waals surface area contributed by atoms with Crippen LogP contribution in [0.3, 0.4) is 0 Å². The smallest absolute Gasteiger partial charge is 0.438 e. The molecule has 1 heterocycles. The van der Waals surface area contributed by atoms with Gasteiger partial charge in [0, 0.05) is 16.1 Å². The SMILES string of the molecule is CCOC(=O)n1c(=O)n(-c2cc(Cl)cc(Cl)c2)c(=O)n1C(=O)NC(C)C. The van der Waals surface area contributed by atoms with Crippen LogP contribution in [-0.2, 0) is 4.74 Å². The lowest BCUT2D eigenvalue weighted by Crippen LogP contribution is -2.44. The highest BCUT2D eigenvalue weighted by atomic mass is 35.5. The lowest BCUT2D eigenvalue weighted by Gasteiger charge is -2.10. The Morgan fingerprint density at radius 1 is 1.08 bits per heavy atom. The van der Waals surface area contributed by atoms with Crippen LogP contribution in [0.15, 0.2) is 27.8 Å². The molecular weight excluding hydrogens is 387 g/mol. The number of halogens is 2. The molecule has 2 aromatic rings. The highest BCUT2D eigenvalue weighted by Crippen LogP contribution is 2.20. The first-order valence-electron chi connectivity index (χ1n) is 7.59. The van der Waals surface area contributed by atoms with Gasteiger partial charge in [-0.05, 0) is 39.0 Å². The van der Waals surface area contributed by atoms with Crippen molar-refractivity contribution in [2.24, 2.45) is 0 Å². The predicted octanol–water partition coefficient (Wildman–Crippen LogP) is 2.08. The number of aromatic nitrogens is 3. The molecule has 0 spiro atoms. The van der Waals surface area contributed by atoms with E-state index in [1.54, 1.807) is 13.8 Å². The van der Waals surface area contributed by atoms with Crippen molar-refractivity contribution in [3.05, 3.63) is 49.2 Å². The topological polar surface area (TPSA) is 104 Å². The van der Waals surface area contributed by atoms with Gasteiger partial charge in [0.05, 0.1) is 12.3 Å². The molecule has 0 aliphatic heterocycles. The molecule has 0 saturated carbocycles. The standard InChI is InChI=1S/C15H16Cl2N4O5/c1-4-26-15(25)21-14(24)19(11-6-9(16)5-10(17)7-11)13(23)20(21)12(22)18-8(2)3/h5-8H,4H2,1-3H3,(H,18,22). The summed E-state index contributed by atoms with van der Waals surface area (Å²) in [6.45, 7) is 4.78. The van der Waals surface area contributed by atoms with E-state index >= 15 is 0 Å². The zero-order chi connectivity index (χ0) is 19.6. The minimum atomic E-state index is -1.17. The zero-order valence-corrected chi connectivity index (χ0v) is 15.7. The Morgan fingerprint density at radius 2 is 1.62 bits per heavy atom. The minimum absolute atomic E-state index is 0.00615. The van der Waals surface area contributed by atoms with Gasteiger partial charge in [-0.1, -0.05) is 23.2 Å². The van der Waals surface area contributed by atoms with E-state index in [1.807, 2.05) is 0 Å². The molecule has 0 fully saturated rings. The minimum Gasteiger partial charge on any atom is -0.448 e. The Hall–Kier alpha value is -2.52. The van der Waals surface area contributed by atoms with Crippen molar-refractivity contribution in [3.63, 3.8) is 0 Å². The van der Waals surface area contributed by atoms with Crippen LogP contribution in [-0.4, -0.2) is 38.7 Å². The molecule has 0 saturated heterocycles. The molecule has 1 N–H and O–H groups in total. The number of hydrogen-bond donors (Lipinski definition) is 1. The fourth-order valence-electron chi connectivity index (χ4n) is 2.16. The second-order valence-corrected chi connectivity index (χ2v) is 6.33. The first kappa shape index (κ1) is 19.8. The molecule has 1 aromatic heterocycles. The Bertz CT molecular complexity index is 953. The van der Waals surface area contributed by atoms with Crippen LogP contribution < -0.4 is 16.7 Å². The van der Waals surface area contributed by atoms with E-state index in [-0.39, 0.29) is 28.4 Å². The summed E-state index contributed by atoms with van der Waals surface area (Å²) in [5.41, 5.74) is -2.16. The van der Waals surface area contributed by atoms with Crippen LogP contribution in [0.2, 0.25) is 10.0 Å². The zero-order valence-electron chi connectivity index (χ0n) is 14.2. The summed E-state index contributed by atoms with van der Waals surface area (Å²) in [6, 6.07) is 2.71. The Morgan fingerprint density at radius 3 is 2.12 bits per heavy atom. The van der Waals surface area contributed by atoms with Crippen molar-refractivity contribution in [2.75, 3.05) is 6.61 Å². The Labute approximate surface area is 157 Å². The second kappa shape index (κ2) is 7.79. The first-order chi connectivity index (χ1) is 12.2. The molecule has 140 valence electrons. The van der Waals surface area contributed by atoms with Gasteiger partial charge in [0.2, 0.25) is 0 Å². The lowest BCUT2D eigenvalue weighted by atomic mass is 10.3. The molecule has 0 bridgehead atoms. The number of ether oxygens (including phenoxy) is 1. The van der Waals surface area contributed by atoms with Crippen molar-refractivity contribution in [2.45, 2.75) is 26.8 Å². The fraction of sp³-hybridized carbons (Fsp3) is 0.333. The molecule has 1 amide bonds. The van der Waals surface area contributed by atoms with Crippen LogP contribution in [0.1, 0.15) is 20.8 Å². The Kier molecular flexibility index (Phi) is 5.94. The van der Waals surface area contributed by atoms with Gasteiger partial charge in [-0.25, -0.2) is 23.7 Å². The van der Waals surface area contributed by atoms with Crippen molar-refractivity contribution >= 4 is 35.3 Å². The van der Waals surface area contributed by atoms with Crippen molar-refractivity contribution < 1.29 is 14.3 Å². The highest BCUT2D eigenvalue weighted by molar-refractivity contribution is 6.34. The molecule has 0 unspecified atom stereocenters. The van der Waals surface area contributed by atoms with Gasteiger partial charge in [-0.2, -0.15) is 0 Å². The van der Waals surface area contributed by atoms with Crippen LogP contribution in [0, 0.1) is 0 Å². The summed E-state index contributed by atoms with van der Waals surface area (Å²) in [5.74, 6) is 0. The molecule has 0 radical (unpaired) electrons. The average molecular weight is 403 g/mol. The van der Waals surface area contributed by atoms with Crippen LogP contribution >= 0.6 is 23.2 Å². The Balaban J connectivity index is 2.79. The summed E-state index contributed by atoms with van der Waals surface area (Å²) in [4.78, 5) is 49.9. The molecular formula is C15H16Cl2N4O5. The molecule has 0 aliphatic carbocycles. The van der Waals surface area contributed by atoms with E-state index < -0.39 is 23.5 Å². The van der Waals surface area contributed by atoms with Gasteiger partial charge in [0.25, 0.3) is 0 Å². The van der Waals surface area contributed by atoms with Gasteiger partial charge in [-0.15, -0.1) is 9.36 Å². The molecule has 2 rings (SSSR count). The third-order valence-corrected chi connectivity index (χ3v) is 3.53. The van der Waals surface area contributed by atoms with Gasteiger partial charge in [0.1, 0.15) is 0 Å². The number of benzene rings is 1. The number of hydrogen-bond acceptors (Lipinski definition) is 5. The summed E-state index contributed by atoms with van der Waals surface area (Å²) < 4.78 is 6.07. The summed E-state index contributed by atoms with van der Waals surface area (Å²) in [7, 11) is 0. The fourth-order valence-corrected chi connectivity index (χ4v) is 2.68. The quantitative estimate of drug-likeness (QED) is 0.845. The van der Waals surface area contributed by atoms with E-state index in [0.29, 0.717) is 13.9 Å². The van der Waals surface area contributed by atoms with Crippen molar-refractivity contribution in [3.8, 4) is 5.69 Å². The molecule has 9 nitrogen and oxygen atoms in total. The van der Waals surface area contributed by atoms with E-state index in [4.69, 9.17) is 27.9 Å². The maximum absolute atomic E-state index is 12.7. The molecule has 0 aliphatic rings. The number of carbonyl (C=O) groups excluding carboxylic acids is 2. The molecule has 11 heteroatoms. The largest absolute Gasteiger partial charge is 0.448 e. The summed E-state index contributed by atoms with van der Waals surface area (Å²) >= 11 is 11.8. The van der Waals surface area contributed by atoms with Crippen LogP contribution in [0.25, 0.3) is 5.69 Å².